The number of hydrogen-bond acceptors (Lipinski definition) is 10. The van der Waals surface area contributed by atoms with E-state index in [4.69, 9.17) is 16.3 Å². The smallest absolute Gasteiger partial charge is 0.262 e. The Morgan fingerprint density at radius 3 is 2.19 bits per heavy atom. The fourth-order valence-electron chi connectivity index (χ4n) is 9.51. The number of carbonyl (C=O) groups excluding carboxylic acids is 4. The van der Waals surface area contributed by atoms with Crippen molar-refractivity contribution in [2.45, 2.75) is 83.0 Å². The average molecular weight is 792 g/mol. The zero-order chi connectivity index (χ0) is 39.8. The second-order valence-corrected chi connectivity index (χ2v) is 16.7. The molecular formula is C44H50ClN7O5. The van der Waals surface area contributed by atoms with Crippen LogP contribution in [0.4, 0.5) is 17.1 Å². The van der Waals surface area contributed by atoms with Gasteiger partial charge in [-0.3, -0.25) is 34.3 Å². The van der Waals surface area contributed by atoms with Crippen molar-refractivity contribution >= 4 is 52.3 Å². The van der Waals surface area contributed by atoms with Crippen LogP contribution in [0.3, 0.4) is 0 Å². The second kappa shape index (κ2) is 16.4. The van der Waals surface area contributed by atoms with Gasteiger partial charge in [0.05, 0.1) is 27.8 Å². The molecule has 3 aromatic rings. The Hall–Kier alpha value is -5.12. The Kier molecular flexibility index (Phi) is 11.1. The van der Waals surface area contributed by atoms with E-state index in [1.54, 1.807) is 24.3 Å². The summed E-state index contributed by atoms with van der Waals surface area (Å²) < 4.78 is 6.23. The highest BCUT2D eigenvalue weighted by atomic mass is 35.5. The monoisotopic (exact) mass is 791 g/mol. The molecular weight excluding hydrogens is 742 g/mol. The molecule has 4 fully saturated rings. The summed E-state index contributed by atoms with van der Waals surface area (Å²) in [6, 6.07) is 21.7. The minimum atomic E-state index is -0.959. The molecule has 5 heterocycles. The quantitative estimate of drug-likeness (QED) is 0.249. The Balaban J connectivity index is 0.796. The molecule has 57 heavy (non-hydrogen) atoms. The second-order valence-electron chi connectivity index (χ2n) is 16.3. The number of benzene rings is 3. The summed E-state index contributed by atoms with van der Waals surface area (Å²) in [7, 11) is 0. The number of imide groups is 2. The van der Waals surface area contributed by atoms with Crippen LogP contribution in [-0.2, 0) is 9.59 Å². The summed E-state index contributed by atoms with van der Waals surface area (Å²) in [5, 5.41) is 11.9. The van der Waals surface area contributed by atoms with Crippen molar-refractivity contribution in [2.75, 3.05) is 60.5 Å². The number of nitriles is 1. The molecule has 5 aliphatic rings. The summed E-state index contributed by atoms with van der Waals surface area (Å²) >= 11 is 6.24. The lowest BCUT2D eigenvalue weighted by Crippen LogP contribution is -2.54. The van der Waals surface area contributed by atoms with Crippen LogP contribution in [0.2, 0.25) is 5.02 Å². The van der Waals surface area contributed by atoms with Crippen LogP contribution in [0, 0.1) is 17.2 Å². The van der Waals surface area contributed by atoms with Gasteiger partial charge in [0.1, 0.15) is 17.9 Å². The Morgan fingerprint density at radius 2 is 1.49 bits per heavy atom. The Labute approximate surface area is 339 Å². The van der Waals surface area contributed by atoms with E-state index in [1.807, 2.05) is 12.1 Å². The predicted octanol–water partition coefficient (Wildman–Crippen LogP) is 5.87. The number of nitrogens with zero attached hydrogens (tertiary/aromatic N) is 6. The fourth-order valence-corrected chi connectivity index (χ4v) is 9.72. The summed E-state index contributed by atoms with van der Waals surface area (Å²) in [4.78, 5) is 61.5. The van der Waals surface area contributed by atoms with Crippen molar-refractivity contribution in [1.29, 1.82) is 5.26 Å². The number of halogens is 1. The third-order valence-electron chi connectivity index (χ3n) is 12.6. The number of piperidine rings is 2. The third-order valence-corrected chi connectivity index (χ3v) is 12.9. The number of ether oxygens (including phenoxy) is 1. The third kappa shape index (κ3) is 8.05. The van der Waals surface area contributed by atoms with Gasteiger partial charge >= 0.3 is 0 Å². The summed E-state index contributed by atoms with van der Waals surface area (Å²) in [5.74, 6) is -0.632. The summed E-state index contributed by atoms with van der Waals surface area (Å²) in [6.07, 6.45) is 5.53. The lowest BCUT2D eigenvalue weighted by molar-refractivity contribution is -0.136. The maximum absolute atomic E-state index is 13.3. The molecule has 8 rings (SSSR count). The minimum absolute atomic E-state index is 0.00118. The van der Waals surface area contributed by atoms with Crippen LogP contribution in [0.15, 0.2) is 60.7 Å². The molecule has 0 saturated carbocycles. The van der Waals surface area contributed by atoms with Crippen LogP contribution in [0.1, 0.15) is 85.1 Å². The molecule has 4 saturated heterocycles. The number of amides is 4. The number of carbonyl (C=O) groups is 4. The van der Waals surface area contributed by atoms with Gasteiger partial charge in [0.2, 0.25) is 11.8 Å². The maximum atomic E-state index is 13.3. The molecule has 0 radical (unpaired) electrons. The van der Waals surface area contributed by atoms with Gasteiger partial charge in [-0.1, -0.05) is 11.6 Å². The molecule has 4 amide bonds. The average Bonchev–Trinajstić information content (AvgIpc) is 3.69. The molecule has 3 aromatic carbocycles. The van der Waals surface area contributed by atoms with Gasteiger partial charge < -0.3 is 19.4 Å². The molecule has 0 aromatic heterocycles. The SMILES string of the molecule is CC(CC1CCC(C)N1c1ccc(N2CCN(CC3CCN(c4ccc5c(c4)C(=O)N(C4CCC(=O)NC4=O)C5=O)CC3)CC2)cc1)Oc1ccc(C#N)c(Cl)c1. The van der Waals surface area contributed by atoms with Gasteiger partial charge in [-0.15, -0.1) is 0 Å². The van der Waals surface area contributed by atoms with Crippen molar-refractivity contribution < 1.29 is 23.9 Å². The minimum Gasteiger partial charge on any atom is -0.491 e. The number of hydrogen-bond donors (Lipinski definition) is 1. The Bertz CT molecular complexity index is 2070. The van der Waals surface area contributed by atoms with Crippen molar-refractivity contribution in [3.8, 4) is 11.8 Å². The van der Waals surface area contributed by atoms with E-state index in [0.717, 1.165) is 88.5 Å². The normalized spacial score (nSPS) is 23.8. The first-order valence-corrected chi connectivity index (χ1v) is 20.8. The lowest BCUT2D eigenvalue weighted by Gasteiger charge is -2.40. The zero-order valence-electron chi connectivity index (χ0n) is 32.7. The van der Waals surface area contributed by atoms with E-state index in [9.17, 15) is 24.4 Å². The van der Waals surface area contributed by atoms with Crippen LogP contribution >= 0.6 is 11.6 Å². The van der Waals surface area contributed by atoms with Crippen molar-refractivity contribution in [3.05, 3.63) is 82.4 Å². The van der Waals surface area contributed by atoms with Crippen molar-refractivity contribution in [1.82, 2.24) is 15.1 Å². The highest BCUT2D eigenvalue weighted by molar-refractivity contribution is 6.31. The van der Waals surface area contributed by atoms with E-state index < -0.39 is 23.8 Å². The standard InChI is InChI=1S/C44H50ClN7O5/c1-28-3-5-35(23-29(2)57-36-11-4-31(26-46)39(45)25-36)51(28)33-8-6-32(7-9-33)50-21-19-48(20-22-50)27-30-15-17-49(18-16-30)34-10-12-37-38(24-34)44(56)52(43(37)55)40-13-14-41(53)47-42(40)54/h4,6-12,24-25,28-30,35,40H,3,5,13-23,27H2,1-2H3,(H,47,53,54). The van der Waals surface area contributed by atoms with Gasteiger partial charge in [-0.25, -0.2) is 0 Å². The maximum Gasteiger partial charge on any atom is 0.262 e. The number of anilines is 3. The van der Waals surface area contributed by atoms with E-state index >= 15 is 0 Å². The number of fused-ring (bicyclic) bond motifs is 1. The first-order valence-electron chi connectivity index (χ1n) is 20.4. The zero-order valence-corrected chi connectivity index (χ0v) is 33.4. The molecule has 0 spiro atoms. The van der Waals surface area contributed by atoms with Gasteiger partial charge in [-0.05, 0) is 106 Å². The molecule has 4 unspecified atom stereocenters. The summed E-state index contributed by atoms with van der Waals surface area (Å²) in [5.41, 5.74) is 4.53. The van der Waals surface area contributed by atoms with Gasteiger partial charge in [-0.2, -0.15) is 5.26 Å². The first-order chi connectivity index (χ1) is 27.6. The summed E-state index contributed by atoms with van der Waals surface area (Å²) in [6.45, 7) is 11.3. The van der Waals surface area contributed by atoms with Crippen LogP contribution in [0.5, 0.6) is 5.75 Å². The largest absolute Gasteiger partial charge is 0.491 e. The molecule has 0 bridgehead atoms. The van der Waals surface area contributed by atoms with Crippen molar-refractivity contribution in [3.63, 3.8) is 0 Å². The van der Waals surface area contributed by atoms with Gasteiger partial charge in [0.15, 0.2) is 0 Å². The lowest BCUT2D eigenvalue weighted by atomic mass is 9.95. The van der Waals surface area contributed by atoms with E-state index in [2.05, 4.69) is 69.1 Å². The van der Waals surface area contributed by atoms with Crippen LogP contribution < -0.4 is 24.8 Å². The number of nitrogens with one attached hydrogen (secondary N) is 1. The Morgan fingerprint density at radius 1 is 0.807 bits per heavy atom. The predicted molar refractivity (Wildman–Crippen MR) is 219 cm³/mol. The number of rotatable bonds is 10. The highest BCUT2D eigenvalue weighted by Crippen LogP contribution is 2.36. The van der Waals surface area contributed by atoms with Gasteiger partial charge in [0, 0.05) is 93.9 Å². The highest BCUT2D eigenvalue weighted by Gasteiger charge is 2.45. The van der Waals surface area contributed by atoms with E-state index in [-0.39, 0.29) is 24.9 Å². The molecule has 298 valence electrons. The first kappa shape index (κ1) is 38.7. The number of piperazine rings is 1. The molecule has 12 nitrogen and oxygen atoms in total. The van der Waals surface area contributed by atoms with Crippen molar-refractivity contribution in [2.24, 2.45) is 5.92 Å². The topological polar surface area (TPSA) is 130 Å². The van der Waals surface area contributed by atoms with Gasteiger partial charge in [0.25, 0.3) is 11.8 Å². The van der Waals surface area contributed by atoms with E-state index in [1.165, 1.54) is 11.4 Å². The molecule has 1 N–H and O–H groups in total. The van der Waals surface area contributed by atoms with Crippen LogP contribution in [-0.4, -0.2) is 103 Å². The molecule has 13 heteroatoms. The molecule has 4 atom stereocenters. The molecule has 5 aliphatic heterocycles. The van der Waals surface area contributed by atoms with Crippen LogP contribution in [0.25, 0.3) is 0 Å². The molecule has 0 aliphatic carbocycles. The fraction of sp³-hybridized carbons (Fsp3) is 0.477. The van der Waals surface area contributed by atoms with E-state index in [0.29, 0.717) is 45.5 Å².